The van der Waals surface area contributed by atoms with Crippen LogP contribution in [-0.4, -0.2) is 24.1 Å². The quantitative estimate of drug-likeness (QED) is 0.176. The monoisotopic (exact) mass is 755 g/mol. The molecule has 1 aliphatic carbocycles. The van der Waals surface area contributed by atoms with E-state index in [9.17, 15) is 0 Å². The third-order valence-electron chi connectivity index (χ3n) is 12.4. The molecule has 5 heteroatoms. The first kappa shape index (κ1) is 33.5. The number of hydrogen-bond donors (Lipinski definition) is 0. The van der Waals surface area contributed by atoms with Crippen LogP contribution >= 0.6 is 0 Å². The van der Waals surface area contributed by atoms with Crippen molar-refractivity contribution in [2.45, 2.75) is 19.3 Å². The van der Waals surface area contributed by atoms with Crippen LogP contribution in [0.1, 0.15) is 25.0 Å². The average molecular weight is 756 g/mol. The summed E-state index contributed by atoms with van der Waals surface area (Å²) in [5, 5.41) is 4.87. The molecule has 12 rings (SSSR count). The van der Waals surface area contributed by atoms with Gasteiger partial charge in [-0.2, -0.15) is 9.97 Å². The van der Waals surface area contributed by atoms with Gasteiger partial charge in [-0.3, -0.25) is 4.57 Å². The Bertz CT molecular complexity index is 3410. The van der Waals surface area contributed by atoms with Gasteiger partial charge in [0.05, 0.1) is 22.1 Å². The minimum atomic E-state index is -0.147. The summed E-state index contributed by atoms with van der Waals surface area (Å²) in [6.07, 6.45) is 0. The molecule has 278 valence electrons. The third kappa shape index (κ3) is 5.01. The molecule has 11 aromatic rings. The maximum Gasteiger partial charge on any atom is 0.238 e. The van der Waals surface area contributed by atoms with Gasteiger partial charge in [0.25, 0.3) is 0 Å². The van der Waals surface area contributed by atoms with Crippen molar-refractivity contribution < 1.29 is 0 Å². The second kappa shape index (κ2) is 12.7. The average Bonchev–Trinajstić information content (AvgIpc) is 3.90. The molecule has 0 radical (unpaired) electrons. The first-order valence-corrected chi connectivity index (χ1v) is 20.2. The zero-order valence-electron chi connectivity index (χ0n) is 32.6. The fourth-order valence-corrected chi connectivity index (χ4v) is 9.70. The molecule has 0 N–H and O–H groups in total. The van der Waals surface area contributed by atoms with E-state index in [4.69, 9.17) is 15.0 Å². The van der Waals surface area contributed by atoms with Gasteiger partial charge in [0.15, 0.2) is 11.6 Å². The van der Waals surface area contributed by atoms with Gasteiger partial charge in [0.1, 0.15) is 0 Å². The van der Waals surface area contributed by atoms with Crippen molar-refractivity contribution in [2.24, 2.45) is 0 Å². The molecular weight excluding hydrogens is 719 g/mol. The largest absolute Gasteiger partial charge is 0.309 e. The highest BCUT2D eigenvalue weighted by Gasteiger charge is 2.38. The van der Waals surface area contributed by atoms with E-state index in [0.29, 0.717) is 17.6 Å². The Morgan fingerprint density at radius 2 is 0.949 bits per heavy atom. The van der Waals surface area contributed by atoms with Crippen molar-refractivity contribution in [3.8, 4) is 56.7 Å². The lowest BCUT2D eigenvalue weighted by molar-refractivity contribution is 0.666. The van der Waals surface area contributed by atoms with Crippen molar-refractivity contribution in [1.29, 1.82) is 0 Å². The summed E-state index contributed by atoms with van der Waals surface area (Å²) < 4.78 is 4.58. The van der Waals surface area contributed by atoms with Gasteiger partial charge in [-0.25, -0.2) is 4.98 Å². The predicted molar refractivity (Wildman–Crippen MR) is 242 cm³/mol. The molecule has 3 aromatic heterocycles. The van der Waals surface area contributed by atoms with Gasteiger partial charge >= 0.3 is 0 Å². The third-order valence-corrected chi connectivity index (χ3v) is 12.4. The van der Waals surface area contributed by atoms with E-state index in [2.05, 4.69) is 205 Å². The lowest BCUT2D eigenvalue weighted by Crippen LogP contribution is -2.15. The molecule has 0 aliphatic heterocycles. The van der Waals surface area contributed by atoms with Crippen LogP contribution in [0.2, 0.25) is 0 Å². The van der Waals surface area contributed by atoms with Gasteiger partial charge in [0.2, 0.25) is 5.95 Å². The molecule has 1 aliphatic rings. The summed E-state index contributed by atoms with van der Waals surface area (Å²) in [5.74, 6) is 1.80. The number of aromatic nitrogens is 5. The number of rotatable bonds is 5. The Balaban J connectivity index is 1.07. The SMILES string of the molecule is CC1(C)c2ccccc2-c2ccc3c(c21)c1ccccc1n3-c1cccc(-c2nc(-c3ccc(-c4ccccc4)cc3)nc(-n3c4ccccc4c4ccccc43)n2)c1. The van der Waals surface area contributed by atoms with Crippen LogP contribution in [0.15, 0.2) is 188 Å². The fraction of sp³-hybridized carbons (Fsp3) is 0.0556. The zero-order chi connectivity index (χ0) is 39.2. The second-order valence-corrected chi connectivity index (χ2v) is 16.1. The Hall–Kier alpha value is -7.63. The fourth-order valence-electron chi connectivity index (χ4n) is 9.70. The molecule has 0 unspecified atom stereocenters. The summed E-state index contributed by atoms with van der Waals surface area (Å²) in [6, 6.07) is 66.9. The lowest BCUT2D eigenvalue weighted by Gasteiger charge is -2.22. The summed E-state index contributed by atoms with van der Waals surface area (Å²) in [6.45, 7) is 4.73. The van der Waals surface area contributed by atoms with Gasteiger partial charge < -0.3 is 4.57 Å². The van der Waals surface area contributed by atoms with Crippen molar-refractivity contribution in [2.75, 3.05) is 0 Å². The minimum absolute atomic E-state index is 0.147. The van der Waals surface area contributed by atoms with E-state index in [0.717, 1.165) is 44.2 Å². The molecule has 8 aromatic carbocycles. The number of hydrogen-bond acceptors (Lipinski definition) is 3. The van der Waals surface area contributed by atoms with Gasteiger partial charge in [0, 0.05) is 43.8 Å². The zero-order valence-corrected chi connectivity index (χ0v) is 32.6. The molecule has 0 amide bonds. The van der Waals surface area contributed by atoms with Crippen molar-refractivity contribution in [3.63, 3.8) is 0 Å². The Morgan fingerprint density at radius 3 is 1.68 bits per heavy atom. The predicted octanol–water partition coefficient (Wildman–Crippen LogP) is 13.4. The van der Waals surface area contributed by atoms with E-state index in [-0.39, 0.29) is 5.41 Å². The highest BCUT2D eigenvalue weighted by Crippen LogP contribution is 2.53. The van der Waals surface area contributed by atoms with Crippen LogP contribution < -0.4 is 0 Å². The van der Waals surface area contributed by atoms with E-state index in [1.165, 1.54) is 49.6 Å². The van der Waals surface area contributed by atoms with Gasteiger partial charge in [-0.05, 0) is 69.8 Å². The second-order valence-electron chi connectivity index (χ2n) is 16.1. The molecule has 5 nitrogen and oxygen atoms in total. The van der Waals surface area contributed by atoms with E-state index < -0.39 is 0 Å². The Labute approximate surface area is 341 Å². The summed E-state index contributed by atoms with van der Waals surface area (Å²) in [5.41, 5.74) is 14.9. The number of benzene rings is 8. The van der Waals surface area contributed by atoms with Gasteiger partial charge in [-0.15, -0.1) is 0 Å². The summed E-state index contributed by atoms with van der Waals surface area (Å²) in [7, 11) is 0. The van der Waals surface area contributed by atoms with Crippen molar-refractivity contribution in [1.82, 2.24) is 24.1 Å². The van der Waals surface area contributed by atoms with Crippen LogP contribution in [0.5, 0.6) is 0 Å². The first-order chi connectivity index (χ1) is 29.0. The summed E-state index contributed by atoms with van der Waals surface area (Å²) >= 11 is 0. The van der Waals surface area contributed by atoms with Crippen LogP contribution in [-0.2, 0) is 5.41 Å². The summed E-state index contributed by atoms with van der Waals surface area (Å²) in [4.78, 5) is 15.8. The van der Waals surface area contributed by atoms with Gasteiger partial charge in [-0.1, -0.05) is 166 Å². The molecule has 0 saturated heterocycles. The van der Waals surface area contributed by atoms with Crippen LogP contribution in [0.25, 0.3) is 100 Å². The molecule has 0 saturated carbocycles. The van der Waals surface area contributed by atoms with Crippen molar-refractivity contribution >= 4 is 43.6 Å². The number of fused-ring (bicyclic) bond motifs is 10. The molecule has 0 spiro atoms. The van der Waals surface area contributed by atoms with Crippen LogP contribution in [0, 0.1) is 0 Å². The van der Waals surface area contributed by atoms with E-state index in [1.807, 2.05) is 6.07 Å². The molecule has 0 fully saturated rings. The Kier molecular flexibility index (Phi) is 7.20. The smallest absolute Gasteiger partial charge is 0.238 e. The lowest BCUT2D eigenvalue weighted by atomic mass is 9.80. The normalized spacial score (nSPS) is 13.1. The molecule has 0 atom stereocenters. The number of para-hydroxylation sites is 3. The molecule has 59 heavy (non-hydrogen) atoms. The highest BCUT2D eigenvalue weighted by molar-refractivity contribution is 6.14. The van der Waals surface area contributed by atoms with Crippen LogP contribution in [0.3, 0.4) is 0 Å². The van der Waals surface area contributed by atoms with E-state index in [1.54, 1.807) is 0 Å². The first-order valence-electron chi connectivity index (χ1n) is 20.2. The molecular formula is C54H37N5. The molecule has 0 bridgehead atoms. The maximum atomic E-state index is 5.30. The minimum Gasteiger partial charge on any atom is -0.309 e. The topological polar surface area (TPSA) is 48.5 Å². The van der Waals surface area contributed by atoms with Crippen LogP contribution in [0.4, 0.5) is 0 Å². The van der Waals surface area contributed by atoms with E-state index >= 15 is 0 Å². The number of nitrogens with zero attached hydrogens (tertiary/aromatic N) is 5. The standard InChI is InChI=1S/C54H37N5/c1-54(2)44-23-10-6-19-39(44)42-31-32-48-49(50(42)54)43-22-9-13-26-47(43)58(48)38-18-14-17-37(33-38)52-55-51(36-29-27-35(28-30-36)34-15-4-3-5-16-34)56-53(57-52)59-45-24-11-7-20-40(45)41-21-8-12-25-46(41)59/h3-33H,1-2H3. The highest BCUT2D eigenvalue weighted by atomic mass is 15.2. The van der Waals surface area contributed by atoms with Crippen molar-refractivity contribution in [3.05, 3.63) is 199 Å². The maximum absolute atomic E-state index is 5.30. The Morgan fingerprint density at radius 1 is 0.390 bits per heavy atom. The molecule has 3 heterocycles.